The highest BCUT2D eigenvalue weighted by Crippen LogP contribution is 2.44. The van der Waals surface area contributed by atoms with Crippen LogP contribution in [0.5, 0.6) is 0 Å². The molecule has 0 saturated carbocycles. The van der Waals surface area contributed by atoms with E-state index in [4.69, 9.17) is 0 Å². The molecule has 2 aromatic heterocycles. The van der Waals surface area contributed by atoms with E-state index in [0.29, 0.717) is 22.5 Å². The van der Waals surface area contributed by atoms with Crippen LogP contribution in [-0.2, 0) is 0 Å². The average Bonchev–Trinajstić information content (AvgIpc) is 3.62. The van der Waals surface area contributed by atoms with Crippen molar-refractivity contribution < 1.29 is 9.59 Å². The number of pyridine rings is 1. The van der Waals surface area contributed by atoms with Gasteiger partial charge in [-0.2, -0.15) is 0 Å². The van der Waals surface area contributed by atoms with Gasteiger partial charge in [-0.1, -0.05) is 109 Å². The van der Waals surface area contributed by atoms with Gasteiger partial charge >= 0.3 is 0 Å². The fraction of sp³-hybridized carbons (Fsp3) is 0.0227. The third-order valence-corrected chi connectivity index (χ3v) is 9.57. The lowest BCUT2D eigenvalue weighted by Gasteiger charge is -2.22. The minimum absolute atomic E-state index is 0.335. The predicted octanol–water partition coefficient (Wildman–Crippen LogP) is 10.3. The minimum atomic E-state index is -0.343. The van der Waals surface area contributed by atoms with E-state index in [1.165, 1.54) is 4.90 Å². The number of carbonyl (C=O) groups is 2. The number of nitrogens with zero attached hydrogens (tertiary/aromatic N) is 3. The van der Waals surface area contributed by atoms with Crippen LogP contribution >= 0.6 is 0 Å². The number of rotatable bonds is 5. The summed E-state index contributed by atoms with van der Waals surface area (Å²) in [6.45, 7) is 2.06. The highest BCUT2D eigenvalue weighted by molar-refractivity contribution is 6.36. The van der Waals surface area contributed by atoms with Gasteiger partial charge in [0.1, 0.15) is 0 Å². The summed E-state index contributed by atoms with van der Waals surface area (Å²) in [7, 11) is 0. The van der Waals surface area contributed by atoms with Crippen molar-refractivity contribution in [1.29, 1.82) is 0 Å². The highest BCUT2D eigenvalue weighted by Gasteiger charge is 2.40. The van der Waals surface area contributed by atoms with E-state index in [9.17, 15) is 9.59 Å². The van der Waals surface area contributed by atoms with Crippen molar-refractivity contribution in [1.82, 2.24) is 9.55 Å². The lowest BCUT2D eigenvalue weighted by molar-refractivity contribution is 0.0926. The monoisotopic (exact) mass is 631 g/mol. The molecule has 0 radical (unpaired) electrons. The lowest BCUT2D eigenvalue weighted by Crippen LogP contribution is -2.30. The molecule has 1 aliphatic rings. The molecule has 6 aromatic carbocycles. The number of aryl methyl sites for hydroxylation is 1. The molecule has 2 amide bonds. The van der Waals surface area contributed by atoms with Gasteiger partial charge in [-0.3, -0.25) is 14.6 Å². The standard InChI is InChI=1S/C44H29N3O2/c1-28-27-45-25-24-32(28)31-22-23-35-34-16-8-9-19-37(34)46(40(35)26-31)39-21-11-18-36-42(39)44(49)47(43(36)48)38-20-10-17-33(29-12-4-2-5-13-29)41(38)30-14-6-3-7-15-30/h2-27H,1H3. The third kappa shape index (κ3) is 4.44. The molecule has 49 heavy (non-hydrogen) atoms. The summed E-state index contributed by atoms with van der Waals surface area (Å²) in [6, 6.07) is 48.2. The Kier molecular flexibility index (Phi) is 6.59. The number of carbonyl (C=O) groups excluding carboxylic acids is 2. The molecule has 1 aliphatic heterocycles. The molecule has 5 nitrogen and oxygen atoms in total. The molecule has 0 bridgehead atoms. The molecular weight excluding hydrogens is 603 g/mol. The lowest BCUT2D eigenvalue weighted by atomic mass is 9.92. The van der Waals surface area contributed by atoms with E-state index >= 15 is 0 Å². The van der Waals surface area contributed by atoms with E-state index in [2.05, 4.69) is 58.9 Å². The number of hydrogen-bond acceptors (Lipinski definition) is 3. The molecule has 0 atom stereocenters. The van der Waals surface area contributed by atoms with Gasteiger partial charge in [0, 0.05) is 28.7 Å². The van der Waals surface area contributed by atoms with E-state index in [0.717, 1.165) is 60.8 Å². The minimum Gasteiger partial charge on any atom is -0.308 e. The maximum Gasteiger partial charge on any atom is 0.268 e. The van der Waals surface area contributed by atoms with Crippen LogP contribution in [0.3, 0.4) is 0 Å². The number of para-hydroxylation sites is 1. The van der Waals surface area contributed by atoms with Gasteiger partial charge in [0.25, 0.3) is 11.8 Å². The maximum absolute atomic E-state index is 14.8. The van der Waals surface area contributed by atoms with Crippen LogP contribution < -0.4 is 4.90 Å². The fourth-order valence-corrected chi connectivity index (χ4v) is 7.36. The van der Waals surface area contributed by atoms with Gasteiger partial charge < -0.3 is 4.57 Å². The van der Waals surface area contributed by atoms with Crippen molar-refractivity contribution in [3.8, 4) is 39.1 Å². The van der Waals surface area contributed by atoms with Crippen LogP contribution in [0.15, 0.2) is 158 Å². The van der Waals surface area contributed by atoms with E-state index in [1.54, 1.807) is 6.07 Å². The Hall–Kier alpha value is -6.59. The molecule has 3 heterocycles. The van der Waals surface area contributed by atoms with Crippen LogP contribution in [0.2, 0.25) is 0 Å². The Balaban J connectivity index is 1.27. The quantitative estimate of drug-likeness (QED) is 0.178. The Bertz CT molecular complexity index is 2600. The number of hydrogen-bond donors (Lipinski definition) is 0. The topological polar surface area (TPSA) is 55.2 Å². The molecule has 9 rings (SSSR count). The number of benzene rings is 6. The Morgan fingerprint density at radius 3 is 1.94 bits per heavy atom. The molecule has 232 valence electrons. The van der Waals surface area contributed by atoms with Crippen molar-refractivity contribution in [2.24, 2.45) is 0 Å². The summed E-state index contributed by atoms with van der Waals surface area (Å²) in [5.74, 6) is -0.678. The molecule has 0 fully saturated rings. The Morgan fingerprint density at radius 1 is 0.490 bits per heavy atom. The van der Waals surface area contributed by atoms with Gasteiger partial charge in [-0.25, -0.2) is 4.90 Å². The van der Waals surface area contributed by atoms with Crippen LogP contribution in [0.25, 0.3) is 60.9 Å². The second kappa shape index (κ2) is 11.3. The Labute approximate surface area is 283 Å². The first-order chi connectivity index (χ1) is 24.1. The number of anilines is 1. The first-order valence-corrected chi connectivity index (χ1v) is 16.3. The third-order valence-electron chi connectivity index (χ3n) is 9.57. The molecule has 8 aromatic rings. The second-order valence-electron chi connectivity index (χ2n) is 12.4. The van der Waals surface area contributed by atoms with Crippen LogP contribution in [0.1, 0.15) is 26.3 Å². The summed E-state index contributed by atoms with van der Waals surface area (Å²) in [5.41, 5.74) is 10.9. The first kappa shape index (κ1) is 28.6. The van der Waals surface area contributed by atoms with Crippen LogP contribution in [0.4, 0.5) is 5.69 Å². The van der Waals surface area contributed by atoms with Crippen LogP contribution in [-0.4, -0.2) is 21.4 Å². The normalized spacial score (nSPS) is 12.6. The highest BCUT2D eigenvalue weighted by atomic mass is 16.2. The summed E-state index contributed by atoms with van der Waals surface area (Å²) >= 11 is 0. The van der Waals surface area contributed by atoms with Gasteiger partial charge in [0.05, 0.1) is 33.5 Å². The predicted molar refractivity (Wildman–Crippen MR) is 197 cm³/mol. The smallest absolute Gasteiger partial charge is 0.268 e. The van der Waals surface area contributed by atoms with Crippen molar-refractivity contribution >= 4 is 39.3 Å². The molecule has 0 N–H and O–H groups in total. The van der Waals surface area contributed by atoms with Crippen LogP contribution in [0, 0.1) is 6.92 Å². The number of aromatic nitrogens is 2. The molecule has 0 unspecified atom stereocenters. The zero-order valence-corrected chi connectivity index (χ0v) is 26.7. The Morgan fingerprint density at radius 2 is 1.16 bits per heavy atom. The molecule has 0 saturated heterocycles. The van der Waals surface area contributed by atoms with Gasteiger partial charge in [0.15, 0.2) is 0 Å². The van der Waals surface area contributed by atoms with E-state index < -0.39 is 0 Å². The summed E-state index contributed by atoms with van der Waals surface area (Å²) in [6.07, 6.45) is 3.68. The number of fused-ring (bicyclic) bond motifs is 4. The SMILES string of the molecule is Cc1cnccc1-c1ccc2c3ccccc3n(-c3cccc4c3C(=O)N(c3cccc(-c5ccccc5)c3-c3ccccc3)C4=O)c2c1. The zero-order chi connectivity index (χ0) is 33.1. The number of imide groups is 1. The first-order valence-electron chi connectivity index (χ1n) is 16.3. The zero-order valence-electron chi connectivity index (χ0n) is 26.7. The number of amides is 2. The molecule has 0 aliphatic carbocycles. The largest absolute Gasteiger partial charge is 0.308 e. The fourth-order valence-electron chi connectivity index (χ4n) is 7.36. The van der Waals surface area contributed by atoms with E-state index in [1.807, 2.05) is 109 Å². The van der Waals surface area contributed by atoms with E-state index in [-0.39, 0.29) is 11.8 Å². The van der Waals surface area contributed by atoms with Crippen molar-refractivity contribution in [2.45, 2.75) is 6.92 Å². The summed E-state index contributed by atoms with van der Waals surface area (Å²) < 4.78 is 2.14. The van der Waals surface area contributed by atoms with Crippen molar-refractivity contribution in [3.63, 3.8) is 0 Å². The molecular formula is C44H29N3O2. The average molecular weight is 632 g/mol. The second-order valence-corrected chi connectivity index (χ2v) is 12.4. The van der Waals surface area contributed by atoms with Crippen molar-refractivity contribution in [2.75, 3.05) is 4.90 Å². The van der Waals surface area contributed by atoms with Gasteiger partial charge in [-0.05, 0) is 76.7 Å². The summed E-state index contributed by atoms with van der Waals surface area (Å²) in [4.78, 5) is 35.0. The maximum atomic E-state index is 14.8. The van der Waals surface area contributed by atoms with Gasteiger partial charge in [0.2, 0.25) is 0 Å². The molecule has 5 heteroatoms. The van der Waals surface area contributed by atoms with Crippen molar-refractivity contribution in [3.05, 3.63) is 175 Å². The van der Waals surface area contributed by atoms with Gasteiger partial charge in [-0.15, -0.1) is 0 Å². The molecule has 0 spiro atoms. The summed E-state index contributed by atoms with van der Waals surface area (Å²) in [5, 5.41) is 2.14.